The molecule has 92 valence electrons. The Labute approximate surface area is 93.8 Å². The summed E-state index contributed by atoms with van der Waals surface area (Å²) in [5.41, 5.74) is 0. The molecule has 1 aliphatic carbocycles. The molecular formula is C11H17F3N2. The Balaban J connectivity index is 2.43. The van der Waals surface area contributed by atoms with Crippen molar-refractivity contribution in [2.75, 3.05) is 6.54 Å². The summed E-state index contributed by atoms with van der Waals surface area (Å²) in [5, 5.41) is 11.3. The molecule has 0 aromatic rings. The molecule has 5 heteroatoms. The minimum absolute atomic E-state index is 0.119. The Hall–Kier alpha value is -0.760. The van der Waals surface area contributed by atoms with Gasteiger partial charge in [-0.25, -0.2) is 0 Å². The summed E-state index contributed by atoms with van der Waals surface area (Å²) in [6, 6.07) is 1.42. The predicted molar refractivity (Wildman–Crippen MR) is 54.5 cm³/mol. The van der Waals surface area contributed by atoms with Crippen molar-refractivity contribution in [2.45, 2.75) is 38.9 Å². The van der Waals surface area contributed by atoms with E-state index < -0.39 is 12.1 Å². The molecule has 4 unspecified atom stereocenters. The van der Waals surface area contributed by atoms with Crippen LogP contribution in [0.5, 0.6) is 0 Å². The standard InChI is InChI=1S/C11H17F3N2/c1-7-3-4-10(8(7)2)16-6-9(5-15)11(12,13)14/h7-10,16H,3-4,6H2,1-2H3. The van der Waals surface area contributed by atoms with Crippen LogP contribution in [0, 0.1) is 29.1 Å². The molecule has 1 saturated carbocycles. The highest BCUT2D eigenvalue weighted by Gasteiger charge is 2.40. The van der Waals surface area contributed by atoms with Gasteiger partial charge in [0.25, 0.3) is 0 Å². The van der Waals surface area contributed by atoms with Gasteiger partial charge in [0.05, 0.1) is 6.07 Å². The van der Waals surface area contributed by atoms with Gasteiger partial charge in [-0.2, -0.15) is 18.4 Å². The summed E-state index contributed by atoms with van der Waals surface area (Å²) in [6.07, 6.45) is -2.48. The molecule has 0 aromatic heterocycles. The van der Waals surface area contributed by atoms with Crippen molar-refractivity contribution in [1.82, 2.24) is 5.32 Å². The molecule has 1 fully saturated rings. The van der Waals surface area contributed by atoms with Gasteiger partial charge < -0.3 is 5.32 Å². The van der Waals surface area contributed by atoms with E-state index in [0.717, 1.165) is 12.8 Å². The monoisotopic (exact) mass is 234 g/mol. The number of hydrogen-bond acceptors (Lipinski definition) is 2. The number of alkyl halides is 3. The SMILES string of the molecule is CC1CCC(NCC(C#N)C(F)(F)F)C1C. The van der Waals surface area contributed by atoms with Gasteiger partial charge in [-0.15, -0.1) is 0 Å². The van der Waals surface area contributed by atoms with Crippen LogP contribution >= 0.6 is 0 Å². The summed E-state index contributed by atoms with van der Waals surface area (Å²) in [4.78, 5) is 0. The molecule has 1 aliphatic rings. The maximum absolute atomic E-state index is 12.3. The molecule has 0 aliphatic heterocycles. The second kappa shape index (κ2) is 5.05. The first kappa shape index (κ1) is 13.3. The highest BCUT2D eigenvalue weighted by atomic mass is 19.4. The summed E-state index contributed by atoms with van der Waals surface area (Å²) in [6.45, 7) is 3.86. The van der Waals surface area contributed by atoms with Gasteiger partial charge in [-0.3, -0.25) is 0 Å². The Morgan fingerprint density at radius 1 is 1.38 bits per heavy atom. The number of nitriles is 1. The number of halogens is 3. The minimum Gasteiger partial charge on any atom is -0.312 e. The Morgan fingerprint density at radius 3 is 2.38 bits per heavy atom. The molecule has 0 spiro atoms. The van der Waals surface area contributed by atoms with E-state index in [9.17, 15) is 13.2 Å². The highest BCUT2D eigenvalue weighted by Crippen LogP contribution is 2.32. The molecule has 16 heavy (non-hydrogen) atoms. The lowest BCUT2D eigenvalue weighted by Crippen LogP contribution is -2.39. The largest absolute Gasteiger partial charge is 0.405 e. The first-order chi connectivity index (χ1) is 7.36. The Bertz CT molecular complexity index is 269. The second-order valence-corrected chi connectivity index (χ2v) is 4.65. The van der Waals surface area contributed by atoms with Gasteiger partial charge in [0, 0.05) is 12.6 Å². The average Bonchev–Trinajstić information content (AvgIpc) is 2.48. The van der Waals surface area contributed by atoms with Crippen molar-refractivity contribution in [2.24, 2.45) is 17.8 Å². The molecule has 0 heterocycles. The number of rotatable bonds is 3. The smallest absolute Gasteiger partial charge is 0.312 e. The van der Waals surface area contributed by atoms with Crippen LogP contribution in [-0.4, -0.2) is 18.8 Å². The first-order valence-corrected chi connectivity index (χ1v) is 5.56. The third kappa shape index (κ3) is 3.11. The molecular weight excluding hydrogens is 217 g/mol. The van der Waals surface area contributed by atoms with Crippen molar-refractivity contribution >= 4 is 0 Å². The molecule has 4 atom stereocenters. The molecule has 1 rings (SSSR count). The van der Waals surface area contributed by atoms with E-state index in [-0.39, 0.29) is 12.6 Å². The maximum atomic E-state index is 12.3. The van der Waals surface area contributed by atoms with E-state index in [0.29, 0.717) is 11.8 Å². The summed E-state index contributed by atoms with van der Waals surface area (Å²) >= 11 is 0. The molecule has 0 radical (unpaired) electrons. The van der Waals surface area contributed by atoms with E-state index in [1.54, 1.807) is 0 Å². The van der Waals surface area contributed by atoms with Crippen LogP contribution in [-0.2, 0) is 0 Å². The van der Waals surface area contributed by atoms with E-state index in [1.165, 1.54) is 6.07 Å². The molecule has 2 nitrogen and oxygen atoms in total. The van der Waals surface area contributed by atoms with Gasteiger partial charge in [0.15, 0.2) is 5.92 Å². The third-order valence-corrected chi connectivity index (χ3v) is 3.60. The van der Waals surface area contributed by atoms with Crippen molar-refractivity contribution < 1.29 is 13.2 Å². The van der Waals surface area contributed by atoms with Gasteiger partial charge in [0.1, 0.15) is 0 Å². The first-order valence-electron chi connectivity index (χ1n) is 5.56. The van der Waals surface area contributed by atoms with E-state index >= 15 is 0 Å². The molecule has 0 saturated heterocycles. The van der Waals surface area contributed by atoms with Crippen LogP contribution in [0.3, 0.4) is 0 Å². The fraction of sp³-hybridized carbons (Fsp3) is 0.909. The quantitative estimate of drug-likeness (QED) is 0.815. The summed E-state index contributed by atoms with van der Waals surface area (Å²) in [7, 11) is 0. The van der Waals surface area contributed by atoms with Gasteiger partial charge in [-0.05, 0) is 24.7 Å². The second-order valence-electron chi connectivity index (χ2n) is 4.65. The van der Waals surface area contributed by atoms with Crippen molar-refractivity contribution in [3.8, 4) is 6.07 Å². The zero-order chi connectivity index (χ0) is 12.3. The van der Waals surface area contributed by atoms with Crippen molar-refractivity contribution in [3.05, 3.63) is 0 Å². The lowest BCUT2D eigenvalue weighted by molar-refractivity contribution is -0.158. The summed E-state index contributed by atoms with van der Waals surface area (Å²) in [5.74, 6) is -0.966. The number of hydrogen-bond donors (Lipinski definition) is 1. The summed E-state index contributed by atoms with van der Waals surface area (Å²) < 4.78 is 36.9. The lowest BCUT2D eigenvalue weighted by Gasteiger charge is -2.22. The van der Waals surface area contributed by atoms with Crippen molar-refractivity contribution in [3.63, 3.8) is 0 Å². The predicted octanol–water partition coefficient (Wildman–Crippen LogP) is 2.71. The van der Waals surface area contributed by atoms with E-state index in [1.807, 2.05) is 6.92 Å². The van der Waals surface area contributed by atoms with Crippen LogP contribution < -0.4 is 5.32 Å². The fourth-order valence-electron chi connectivity index (χ4n) is 2.16. The molecule has 1 N–H and O–H groups in total. The van der Waals surface area contributed by atoms with E-state index in [4.69, 9.17) is 5.26 Å². The fourth-order valence-corrected chi connectivity index (χ4v) is 2.16. The zero-order valence-electron chi connectivity index (χ0n) is 9.51. The Morgan fingerprint density at radius 2 is 2.00 bits per heavy atom. The van der Waals surface area contributed by atoms with Gasteiger partial charge >= 0.3 is 6.18 Å². The lowest BCUT2D eigenvalue weighted by atomic mass is 9.97. The molecule has 0 bridgehead atoms. The van der Waals surface area contributed by atoms with Crippen LogP contribution in [0.25, 0.3) is 0 Å². The third-order valence-electron chi connectivity index (χ3n) is 3.60. The van der Waals surface area contributed by atoms with Gasteiger partial charge in [-0.1, -0.05) is 13.8 Å². The number of nitrogens with one attached hydrogen (secondary N) is 1. The Kier molecular flexibility index (Phi) is 4.20. The van der Waals surface area contributed by atoms with Crippen LogP contribution in [0.2, 0.25) is 0 Å². The maximum Gasteiger partial charge on any atom is 0.405 e. The van der Waals surface area contributed by atoms with E-state index in [2.05, 4.69) is 12.2 Å². The topological polar surface area (TPSA) is 35.8 Å². The van der Waals surface area contributed by atoms with Gasteiger partial charge in [0.2, 0.25) is 0 Å². The highest BCUT2D eigenvalue weighted by molar-refractivity contribution is 4.92. The van der Waals surface area contributed by atoms with Crippen molar-refractivity contribution in [1.29, 1.82) is 5.26 Å². The molecule has 0 aromatic carbocycles. The number of nitrogens with zero attached hydrogens (tertiary/aromatic N) is 1. The minimum atomic E-state index is -4.42. The normalized spacial score (nSPS) is 32.4. The average molecular weight is 234 g/mol. The van der Waals surface area contributed by atoms with Crippen LogP contribution in [0.15, 0.2) is 0 Å². The van der Waals surface area contributed by atoms with Crippen LogP contribution in [0.4, 0.5) is 13.2 Å². The zero-order valence-corrected chi connectivity index (χ0v) is 9.51. The molecule has 0 amide bonds. The van der Waals surface area contributed by atoms with Crippen LogP contribution in [0.1, 0.15) is 26.7 Å².